The van der Waals surface area contributed by atoms with Crippen LogP contribution >= 0.6 is 0 Å². The lowest BCUT2D eigenvalue weighted by atomic mass is 9.98. The predicted octanol–water partition coefficient (Wildman–Crippen LogP) is 5.46. The minimum Gasteiger partial charge on any atom is -0.508 e. The molecular formula is C19H28O2. The largest absolute Gasteiger partial charge is 0.508 e. The molecule has 0 aromatic heterocycles. The van der Waals surface area contributed by atoms with E-state index in [4.69, 9.17) is 0 Å². The molecule has 1 aromatic rings. The molecule has 0 radical (unpaired) electrons. The van der Waals surface area contributed by atoms with E-state index in [9.17, 15) is 10.2 Å². The molecule has 0 spiro atoms. The van der Waals surface area contributed by atoms with E-state index in [-0.39, 0.29) is 17.4 Å². The van der Waals surface area contributed by atoms with E-state index < -0.39 is 0 Å². The topological polar surface area (TPSA) is 40.5 Å². The summed E-state index contributed by atoms with van der Waals surface area (Å²) < 4.78 is 0. The van der Waals surface area contributed by atoms with Gasteiger partial charge in [0.15, 0.2) is 0 Å². The van der Waals surface area contributed by atoms with Crippen LogP contribution in [0.3, 0.4) is 0 Å². The Morgan fingerprint density at radius 2 is 1.62 bits per heavy atom. The number of benzene rings is 1. The van der Waals surface area contributed by atoms with Gasteiger partial charge in [-0.2, -0.15) is 0 Å². The van der Waals surface area contributed by atoms with Gasteiger partial charge in [0.1, 0.15) is 11.5 Å². The van der Waals surface area contributed by atoms with Crippen LogP contribution in [0.5, 0.6) is 11.5 Å². The van der Waals surface area contributed by atoms with E-state index in [1.165, 1.54) is 11.1 Å². The quantitative estimate of drug-likeness (QED) is 0.683. The fourth-order valence-electron chi connectivity index (χ4n) is 2.17. The second-order valence-corrected chi connectivity index (χ2v) is 6.27. The van der Waals surface area contributed by atoms with Gasteiger partial charge in [-0.3, -0.25) is 0 Å². The van der Waals surface area contributed by atoms with Crippen molar-refractivity contribution in [2.45, 2.75) is 59.8 Å². The van der Waals surface area contributed by atoms with E-state index in [0.29, 0.717) is 12.0 Å². The molecule has 2 N–H and O–H groups in total. The first-order chi connectivity index (χ1) is 9.81. The van der Waals surface area contributed by atoms with Crippen molar-refractivity contribution in [1.29, 1.82) is 0 Å². The first kappa shape index (κ1) is 17.4. The summed E-state index contributed by atoms with van der Waals surface area (Å²) in [5.41, 5.74) is 4.18. The maximum atomic E-state index is 10.1. The van der Waals surface area contributed by atoms with E-state index in [0.717, 1.165) is 18.4 Å². The molecule has 0 fully saturated rings. The third-order valence-electron chi connectivity index (χ3n) is 3.64. The summed E-state index contributed by atoms with van der Waals surface area (Å²) in [6.45, 7) is 10.4. The van der Waals surface area contributed by atoms with Gasteiger partial charge >= 0.3 is 0 Å². The average molecular weight is 288 g/mol. The van der Waals surface area contributed by atoms with Gasteiger partial charge in [0, 0.05) is 5.56 Å². The van der Waals surface area contributed by atoms with Crippen LogP contribution < -0.4 is 0 Å². The van der Waals surface area contributed by atoms with Gasteiger partial charge in [0.05, 0.1) is 0 Å². The molecule has 0 heterocycles. The van der Waals surface area contributed by atoms with Crippen LogP contribution in [-0.4, -0.2) is 10.2 Å². The zero-order valence-corrected chi connectivity index (χ0v) is 13.9. The van der Waals surface area contributed by atoms with Crippen LogP contribution in [0, 0.1) is 0 Å². The van der Waals surface area contributed by atoms with E-state index in [1.54, 1.807) is 12.1 Å². The Bertz CT molecular complexity index is 509. The van der Waals surface area contributed by atoms with Gasteiger partial charge in [0.2, 0.25) is 0 Å². The van der Waals surface area contributed by atoms with Crippen LogP contribution in [0.1, 0.15) is 64.5 Å². The van der Waals surface area contributed by atoms with Crippen molar-refractivity contribution >= 4 is 0 Å². The van der Waals surface area contributed by atoms with Crippen LogP contribution in [0.25, 0.3) is 0 Å². The second kappa shape index (κ2) is 7.92. The molecule has 21 heavy (non-hydrogen) atoms. The first-order valence-electron chi connectivity index (χ1n) is 7.65. The van der Waals surface area contributed by atoms with Crippen molar-refractivity contribution in [1.82, 2.24) is 0 Å². The summed E-state index contributed by atoms with van der Waals surface area (Å²) in [7, 11) is 0. The van der Waals surface area contributed by atoms with Gasteiger partial charge in [0.25, 0.3) is 0 Å². The number of phenolic OH excluding ortho intramolecular Hbond substituents is 2. The minimum atomic E-state index is 0.187. The molecular weight excluding hydrogens is 260 g/mol. The smallest absolute Gasteiger partial charge is 0.123 e. The Hall–Kier alpha value is -1.70. The van der Waals surface area contributed by atoms with Crippen molar-refractivity contribution in [2.75, 3.05) is 0 Å². The molecule has 0 aliphatic carbocycles. The third-order valence-corrected chi connectivity index (χ3v) is 3.64. The minimum absolute atomic E-state index is 0.187. The van der Waals surface area contributed by atoms with Crippen molar-refractivity contribution < 1.29 is 10.2 Å². The summed E-state index contributed by atoms with van der Waals surface area (Å²) in [5, 5.41) is 20.2. The van der Waals surface area contributed by atoms with Crippen molar-refractivity contribution in [3.05, 3.63) is 46.6 Å². The molecule has 0 aliphatic rings. The molecule has 2 nitrogen and oxygen atoms in total. The highest BCUT2D eigenvalue weighted by Crippen LogP contribution is 2.32. The van der Waals surface area contributed by atoms with E-state index >= 15 is 0 Å². The lowest BCUT2D eigenvalue weighted by Crippen LogP contribution is -1.92. The van der Waals surface area contributed by atoms with Crippen molar-refractivity contribution in [3.63, 3.8) is 0 Å². The molecule has 0 aliphatic heterocycles. The third kappa shape index (κ3) is 5.66. The zero-order valence-electron chi connectivity index (χ0n) is 13.9. The van der Waals surface area contributed by atoms with Gasteiger partial charge in [-0.15, -0.1) is 0 Å². The van der Waals surface area contributed by atoms with Crippen molar-refractivity contribution in [2.24, 2.45) is 0 Å². The summed E-state index contributed by atoms with van der Waals surface area (Å²) in [6.07, 6.45) is 6.93. The Morgan fingerprint density at radius 1 is 1.05 bits per heavy atom. The number of phenols is 2. The maximum Gasteiger partial charge on any atom is 0.123 e. The molecule has 0 unspecified atom stereocenters. The van der Waals surface area contributed by atoms with E-state index in [2.05, 4.69) is 32.9 Å². The average Bonchev–Trinajstić information content (AvgIpc) is 2.36. The van der Waals surface area contributed by atoms with Crippen LogP contribution in [0.15, 0.2) is 35.4 Å². The van der Waals surface area contributed by atoms with Gasteiger partial charge in [-0.25, -0.2) is 0 Å². The molecule has 2 heteroatoms. The number of rotatable bonds is 6. The molecule has 116 valence electrons. The highest BCUT2D eigenvalue weighted by atomic mass is 16.3. The fourth-order valence-corrected chi connectivity index (χ4v) is 2.17. The Labute approximate surface area is 128 Å². The lowest BCUT2D eigenvalue weighted by molar-refractivity contribution is 0.439. The molecule has 1 rings (SSSR count). The highest BCUT2D eigenvalue weighted by molar-refractivity contribution is 5.48. The fraction of sp³-hybridized carbons (Fsp3) is 0.474. The second-order valence-electron chi connectivity index (χ2n) is 6.27. The summed E-state index contributed by atoms with van der Waals surface area (Å²) >= 11 is 0. The molecule has 1 aromatic carbocycles. The summed E-state index contributed by atoms with van der Waals surface area (Å²) in [6, 6.07) is 3.51. The van der Waals surface area contributed by atoms with Crippen LogP contribution in [-0.2, 0) is 6.42 Å². The van der Waals surface area contributed by atoms with Crippen LogP contribution in [0.2, 0.25) is 0 Å². The molecule has 0 saturated heterocycles. The number of allylic oxidation sites excluding steroid dienone is 4. The molecule has 0 atom stereocenters. The standard InChI is InChI=1S/C19H28O2/c1-13(2)7-6-8-15(5)9-10-17-18(20)11-16(14(3)4)12-19(17)21/h7,9,11-12,14,20-21H,6,8,10H2,1-5H3. The van der Waals surface area contributed by atoms with Crippen molar-refractivity contribution in [3.8, 4) is 11.5 Å². The number of hydrogen-bond donors (Lipinski definition) is 2. The number of aromatic hydroxyl groups is 2. The summed E-state index contributed by atoms with van der Waals surface area (Å²) in [4.78, 5) is 0. The molecule has 0 amide bonds. The van der Waals surface area contributed by atoms with Gasteiger partial charge in [-0.05, 0) is 63.6 Å². The Kier molecular flexibility index (Phi) is 6.54. The number of hydrogen-bond acceptors (Lipinski definition) is 2. The highest BCUT2D eigenvalue weighted by Gasteiger charge is 2.10. The zero-order chi connectivity index (χ0) is 16.0. The maximum absolute atomic E-state index is 10.1. The molecule has 0 saturated carbocycles. The normalized spacial score (nSPS) is 11.8. The summed E-state index contributed by atoms with van der Waals surface area (Å²) in [5.74, 6) is 0.663. The first-order valence-corrected chi connectivity index (χ1v) is 7.65. The SMILES string of the molecule is CC(C)=CCCC(C)=CCc1c(O)cc(C(C)C)cc1O. The monoisotopic (exact) mass is 288 g/mol. The Morgan fingerprint density at radius 3 is 2.10 bits per heavy atom. The van der Waals surface area contributed by atoms with Crippen LogP contribution in [0.4, 0.5) is 0 Å². The van der Waals surface area contributed by atoms with E-state index in [1.807, 2.05) is 13.8 Å². The Balaban J connectivity index is 2.77. The lowest BCUT2D eigenvalue weighted by Gasteiger charge is -2.11. The predicted molar refractivity (Wildman–Crippen MR) is 90.0 cm³/mol. The molecule has 0 bridgehead atoms. The van der Waals surface area contributed by atoms with Gasteiger partial charge < -0.3 is 10.2 Å². The van der Waals surface area contributed by atoms with Gasteiger partial charge in [-0.1, -0.05) is 37.1 Å².